The summed E-state index contributed by atoms with van der Waals surface area (Å²) in [4.78, 5) is 10.7. The Labute approximate surface area is 203 Å². The highest BCUT2D eigenvalue weighted by Gasteiger charge is 2.25. The van der Waals surface area contributed by atoms with Gasteiger partial charge < -0.3 is 9.47 Å². The maximum Gasteiger partial charge on any atom is 0.228 e. The molecule has 1 N–H and O–H groups in total. The minimum absolute atomic E-state index is 0.0238. The number of anilines is 2. The number of allylic oxidation sites excluding steroid dienone is 1. The van der Waals surface area contributed by atoms with E-state index in [1.54, 1.807) is 36.1 Å². The standard InChI is InChI=1S/C28H27FN6/c1-19(2)35-24-12-6-10-22(29)25(24)26(32-27(35)30)34-16-7-9-21-20(8-5-11-23(21)34)13-14-28(3,4)33-17-15-31-18-33/h5-6,8,10-12,15,17-18,30H,1,7,9,16H2,2-4H3. The van der Waals surface area contributed by atoms with Crippen LogP contribution in [0.15, 0.2) is 61.7 Å². The van der Waals surface area contributed by atoms with Gasteiger partial charge in [-0.05, 0) is 63.4 Å². The number of benzene rings is 2. The Kier molecular flexibility index (Phi) is 5.52. The molecule has 0 aliphatic carbocycles. The Morgan fingerprint density at radius 2 is 2.00 bits per heavy atom. The van der Waals surface area contributed by atoms with Crippen molar-refractivity contribution in [2.75, 3.05) is 11.4 Å². The molecule has 35 heavy (non-hydrogen) atoms. The third-order valence-corrected chi connectivity index (χ3v) is 6.42. The van der Waals surface area contributed by atoms with E-state index in [1.807, 2.05) is 33.9 Å². The molecule has 6 nitrogen and oxygen atoms in total. The average Bonchev–Trinajstić information content (AvgIpc) is 3.38. The number of hydrogen-bond donors (Lipinski definition) is 1. The second kappa shape index (κ2) is 8.55. The Morgan fingerprint density at radius 3 is 2.74 bits per heavy atom. The number of fused-ring (bicyclic) bond motifs is 2. The third kappa shape index (κ3) is 3.91. The molecule has 2 aromatic carbocycles. The van der Waals surface area contributed by atoms with Crippen LogP contribution in [0.3, 0.4) is 0 Å². The molecule has 176 valence electrons. The molecule has 4 aromatic rings. The van der Waals surface area contributed by atoms with E-state index in [4.69, 9.17) is 5.41 Å². The zero-order chi connectivity index (χ0) is 24.7. The molecule has 0 unspecified atom stereocenters. The molecular formula is C28H27FN6. The van der Waals surface area contributed by atoms with Crippen LogP contribution in [0.2, 0.25) is 0 Å². The number of halogens is 1. The van der Waals surface area contributed by atoms with E-state index in [0.717, 1.165) is 29.7 Å². The third-order valence-electron chi connectivity index (χ3n) is 6.42. The lowest BCUT2D eigenvalue weighted by atomic mass is 9.95. The van der Waals surface area contributed by atoms with Crippen molar-refractivity contribution >= 4 is 28.1 Å². The Hall–Kier alpha value is -4.18. The van der Waals surface area contributed by atoms with Gasteiger partial charge in [-0.15, -0.1) is 0 Å². The molecule has 2 aromatic heterocycles. The van der Waals surface area contributed by atoms with Crippen LogP contribution in [0.4, 0.5) is 15.9 Å². The SMILES string of the molecule is C=C(C)n1c(=N)nc(N2CCCc3c(C#CC(C)(C)n4ccnc4)cccc32)c2c(F)cccc21. The topological polar surface area (TPSA) is 62.7 Å². The van der Waals surface area contributed by atoms with E-state index in [1.165, 1.54) is 6.07 Å². The van der Waals surface area contributed by atoms with Gasteiger partial charge in [0.05, 0.1) is 17.2 Å². The van der Waals surface area contributed by atoms with E-state index in [-0.39, 0.29) is 11.4 Å². The molecule has 0 fully saturated rings. The maximum atomic E-state index is 15.2. The Balaban J connectivity index is 1.66. The molecule has 7 heteroatoms. The van der Waals surface area contributed by atoms with E-state index in [0.29, 0.717) is 29.0 Å². The minimum atomic E-state index is -0.413. The van der Waals surface area contributed by atoms with Gasteiger partial charge in [-0.2, -0.15) is 4.98 Å². The van der Waals surface area contributed by atoms with Gasteiger partial charge in [0.15, 0.2) is 0 Å². The summed E-state index contributed by atoms with van der Waals surface area (Å²) < 4.78 is 18.8. The zero-order valence-electron chi connectivity index (χ0n) is 20.1. The first-order chi connectivity index (χ1) is 16.8. The number of imidazole rings is 1. The molecule has 5 rings (SSSR count). The monoisotopic (exact) mass is 466 g/mol. The number of hydrogen-bond acceptors (Lipinski definition) is 4. The van der Waals surface area contributed by atoms with E-state index in [9.17, 15) is 0 Å². The fraction of sp³-hybridized carbons (Fsp3) is 0.250. The summed E-state index contributed by atoms with van der Waals surface area (Å²) in [5.41, 5.74) is 3.82. The number of aromatic nitrogens is 4. The van der Waals surface area contributed by atoms with Gasteiger partial charge in [0, 0.05) is 35.9 Å². The molecule has 0 amide bonds. The molecule has 3 heterocycles. The van der Waals surface area contributed by atoms with Crippen LogP contribution < -0.4 is 10.5 Å². The van der Waals surface area contributed by atoms with Crippen molar-refractivity contribution in [1.29, 1.82) is 5.41 Å². The first-order valence-electron chi connectivity index (χ1n) is 11.6. The van der Waals surface area contributed by atoms with E-state index < -0.39 is 5.54 Å². The van der Waals surface area contributed by atoms with Crippen LogP contribution in [-0.4, -0.2) is 25.6 Å². The molecule has 1 aliphatic rings. The van der Waals surface area contributed by atoms with Gasteiger partial charge in [0.1, 0.15) is 17.2 Å². The zero-order valence-corrected chi connectivity index (χ0v) is 20.1. The van der Waals surface area contributed by atoms with Crippen molar-refractivity contribution < 1.29 is 4.39 Å². The summed E-state index contributed by atoms with van der Waals surface area (Å²) in [6.07, 6.45) is 7.17. The molecule has 1 aliphatic heterocycles. The van der Waals surface area contributed by atoms with Crippen LogP contribution in [-0.2, 0) is 12.0 Å². The van der Waals surface area contributed by atoms with Crippen LogP contribution in [0.1, 0.15) is 38.3 Å². The number of nitrogens with zero attached hydrogens (tertiary/aromatic N) is 5. The van der Waals surface area contributed by atoms with Crippen molar-refractivity contribution in [2.24, 2.45) is 0 Å². The molecule has 0 saturated heterocycles. The summed E-state index contributed by atoms with van der Waals surface area (Å²) in [5, 5.41) is 8.94. The van der Waals surface area contributed by atoms with E-state index >= 15 is 4.39 Å². The largest absolute Gasteiger partial charge is 0.325 e. The van der Waals surface area contributed by atoms with Crippen molar-refractivity contribution in [3.8, 4) is 11.8 Å². The number of nitrogens with one attached hydrogen (secondary N) is 1. The van der Waals surface area contributed by atoms with Crippen molar-refractivity contribution in [3.63, 3.8) is 0 Å². The Bertz CT molecular complexity index is 1570. The first-order valence-corrected chi connectivity index (χ1v) is 11.6. The summed E-state index contributed by atoms with van der Waals surface area (Å²) in [6.45, 7) is 10.5. The fourth-order valence-corrected chi connectivity index (χ4v) is 4.66. The molecule has 0 atom stereocenters. The van der Waals surface area contributed by atoms with Gasteiger partial charge in [-0.1, -0.05) is 30.6 Å². The maximum absolute atomic E-state index is 15.2. The minimum Gasteiger partial charge on any atom is -0.325 e. The predicted molar refractivity (Wildman–Crippen MR) is 137 cm³/mol. The highest BCUT2D eigenvalue weighted by Crippen LogP contribution is 2.38. The van der Waals surface area contributed by atoms with Crippen LogP contribution >= 0.6 is 0 Å². The molecule has 0 radical (unpaired) electrons. The first kappa shape index (κ1) is 22.6. The van der Waals surface area contributed by atoms with Gasteiger partial charge in [0.2, 0.25) is 5.62 Å². The highest BCUT2D eigenvalue weighted by molar-refractivity contribution is 5.94. The van der Waals surface area contributed by atoms with Gasteiger partial charge in [0.25, 0.3) is 0 Å². The van der Waals surface area contributed by atoms with Crippen LogP contribution in [0.5, 0.6) is 0 Å². The fourth-order valence-electron chi connectivity index (χ4n) is 4.66. The lowest BCUT2D eigenvalue weighted by molar-refractivity contribution is 0.474. The van der Waals surface area contributed by atoms with Crippen LogP contribution in [0.25, 0.3) is 16.6 Å². The van der Waals surface area contributed by atoms with Crippen molar-refractivity contribution in [2.45, 2.75) is 39.2 Å². The normalized spacial score (nSPS) is 13.3. The summed E-state index contributed by atoms with van der Waals surface area (Å²) in [7, 11) is 0. The summed E-state index contributed by atoms with van der Waals surface area (Å²) >= 11 is 0. The average molecular weight is 467 g/mol. The van der Waals surface area contributed by atoms with Crippen molar-refractivity contribution in [3.05, 3.63) is 84.3 Å². The van der Waals surface area contributed by atoms with Gasteiger partial charge >= 0.3 is 0 Å². The highest BCUT2D eigenvalue weighted by atomic mass is 19.1. The van der Waals surface area contributed by atoms with Crippen LogP contribution in [0, 0.1) is 23.1 Å². The molecular weight excluding hydrogens is 439 g/mol. The summed E-state index contributed by atoms with van der Waals surface area (Å²) in [5.74, 6) is 6.85. The molecule has 0 saturated carbocycles. The predicted octanol–water partition coefficient (Wildman–Crippen LogP) is 5.21. The number of rotatable bonds is 3. The lowest BCUT2D eigenvalue weighted by Gasteiger charge is -2.32. The smallest absolute Gasteiger partial charge is 0.228 e. The van der Waals surface area contributed by atoms with E-state index in [2.05, 4.69) is 42.2 Å². The Morgan fingerprint density at radius 1 is 1.20 bits per heavy atom. The van der Waals surface area contributed by atoms with Gasteiger partial charge in [-0.25, -0.2) is 9.37 Å². The van der Waals surface area contributed by atoms with Crippen molar-refractivity contribution in [1.82, 2.24) is 19.1 Å². The second-order valence-corrected chi connectivity index (χ2v) is 9.30. The van der Waals surface area contributed by atoms with Gasteiger partial charge in [-0.3, -0.25) is 9.98 Å². The lowest BCUT2D eigenvalue weighted by Crippen LogP contribution is -2.31. The molecule has 0 bridgehead atoms. The molecule has 0 spiro atoms. The quantitative estimate of drug-likeness (QED) is 0.422. The second-order valence-electron chi connectivity index (χ2n) is 9.30. The summed E-state index contributed by atoms with van der Waals surface area (Å²) in [6, 6.07) is 10.9.